The predicted octanol–water partition coefficient (Wildman–Crippen LogP) is 6.44. The molecule has 0 aromatic heterocycles. The Morgan fingerprint density at radius 1 is 1.03 bits per heavy atom. The summed E-state index contributed by atoms with van der Waals surface area (Å²) in [6, 6.07) is 16.7. The van der Waals surface area contributed by atoms with Gasteiger partial charge in [-0.3, -0.25) is 4.79 Å². The SMILES string of the molecule is COc1cc(/C=C2/NC(=O)N(c3ccc(Cl)cc3)C2=O)c(Br)cc1OCc1ccccc1Cl. The Labute approximate surface area is 208 Å². The average molecular weight is 548 g/mol. The Hall–Kier alpha value is -3.00. The van der Waals surface area contributed by atoms with Crippen LogP contribution in [0.5, 0.6) is 11.5 Å². The monoisotopic (exact) mass is 546 g/mol. The highest BCUT2D eigenvalue weighted by atomic mass is 79.9. The lowest BCUT2D eigenvalue weighted by Crippen LogP contribution is -2.30. The second kappa shape index (κ2) is 9.87. The Morgan fingerprint density at radius 2 is 1.76 bits per heavy atom. The van der Waals surface area contributed by atoms with Gasteiger partial charge in [-0.05, 0) is 54.1 Å². The number of amides is 3. The van der Waals surface area contributed by atoms with Crippen molar-refractivity contribution in [2.75, 3.05) is 12.0 Å². The van der Waals surface area contributed by atoms with Crippen LogP contribution in [0.15, 0.2) is 70.8 Å². The van der Waals surface area contributed by atoms with Crippen LogP contribution in [0.3, 0.4) is 0 Å². The third-order valence-corrected chi connectivity index (χ3v) is 6.19. The Kier molecular flexibility index (Phi) is 6.93. The largest absolute Gasteiger partial charge is 0.493 e. The first-order valence-electron chi connectivity index (χ1n) is 9.74. The fraction of sp³-hybridized carbons (Fsp3) is 0.0833. The highest BCUT2D eigenvalue weighted by Crippen LogP contribution is 2.36. The smallest absolute Gasteiger partial charge is 0.333 e. The van der Waals surface area contributed by atoms with Crippen LogP contribution in [-0.4, -0.2) is 19.0 Å². The minimum Gasteiger partial charge on any atom is -0.493 e. The molecule has 0 radical (unpaired) electrons. The fourth-order valence-corrected chi connectivity index (χ4v) is 3.97. The predicted molar refractivity (Wildman–Crippen MR) is 132 cm³/mol. The number of hydrogen-bond acceptors (Lipinski definition) is 4. The summed E-state index contributed by atoms with van der Waals surface area (Å²) in [5.41, 5.74) is 2.01. The highest BCUT2D eigenvalue weighted by Gasteiger charge is 2.35. The molecule has 3 aromatic carbocycles. The van der Waals surface area contributed by atoms with Gasteiger partial charge in [0, 0.05) is 20.1 Å². The molecular weight excluding hydrogens is 531 g/mol. The number of hydrogen-bond donors (Lipinski definition) is 1. The van der Waals surface area contributed by atoms with E-state index in [0.29, 0.717) is 37.3 Å². The van der Waals surface area contributed by atoms with Gasteiger partial charge >= 0.3 is 6.03 Å². The van der Waals surface area contributed by atoms with E-state index in [9.17, 15) is 9.59 Å². The first kappa shape index (κ1) is 23.2. The zero-order valence-electron chi connectivity index (χ0n) is 17.3. The number of carbonyl (C=O) groups is 2. The highest BCUT2D eigenvalue weighted by molar-refractivity contribution is 9.10. The lowest BCUT2D eigenvalue weighted by atomic mass is 10.1. The molecule has 0 aliphatic carbocycles. The number of urea groups is 1. The summed E-state index contributed by atoms with van der Waals surface area (Å²) in [6.07, 6.45) is 1.57. The average Bonchev–Trinajstić information content (AvgIpc) is 3.08. The Morgan fingerprint density at radius 3 is 2.45 bits per heavy atom. The molecule has 1 aliphatic rings. The van der Waals surface area contributed by atoms with Crippen LogP contribution in [-0.2, 0) is 11.4 Å². The van der Waals surface area contributed by atoms with Crippen LogP contribution in [0.25, 0.3) is 6.08 Å². The molecule has 1 fully saturated rings. The van der Waals surface area contributed by atoms with Gasteiger partial charge in [0.25, 0.3) is 5.91 Å². The molecule has 33 heavy (non-hydrogen) atoms. The van der Waals surface area contributed by atoms with E-state index in [1.54, 1.807) is 48.5 Å². The second-order valence-electron chi connectivity index (χ2n) is 7.01. The van der Waals surface area contributed by atoms with Crippen molar-refractivity contribution in [2.45, 2.75) is 6.61 Å². The van der Waals surface area contributed by atoms with Crippen molar-refractivity contribution in [1.82, 2.24) is 5.32 Å². The number of anilines is 1. The number of benzene rings is 3. The van der Waals surface area contributed by atoms with Gasteiger partial charge in [-0.25, -0.2) is 9.69 Å². The standard InChI is InChI=1S/C24H17BrCl2N2O4/c1-32-21-11-15(18(25)12-22(21)33-13-14-4-2-3-5-19(14)27)10-20-23(30)29(24(31)28-20)17-8-6-16(26)7-9-17/h2-12H,13H2,1H3,(H,28,31)/b20-10+. The van der Waals surface area contributed by atoms with Gasteiger partial charge in [-0.2, -0.15) is 0 Å². The van der Waals surface area contributed by atoms with Crippen molar-refractivity contribution in [2.24, 2.45) is 0 Å². The molecule has 1 saturated heterocycles. The molecule has 0 saturated carbocycles. The van der Waals surface area contributed by atoms with E-state index in [4.69, 9.17) is 32.7 Å². The maximum absolute atomic E-state index is 12.9. The van der Waals surface area contributed by atoms with Crippen LogP contribution in [0.1, 0.15) is 11.1 Å². The van der Waals surface area contributed by atoms with E-state index in [-0.39, 0.29) is 12.3 Å². The van der Waals surface area contributed by atoms with E-state index >= 15 is 0 Å². The third kappa shape index (κ3) is 5.00. The fourth-order valence-electron chi connectivity index (χ4n) is 3.22. The molecule has 1 N–H and O–H groups in total. The molecule has 9 heteroatoms. The summed E-state index contributed by atoms with van der Waals surface area (Å²) < 4.78 is 12.0. The molecule has 168 valence electrons. The summed E-state index contributed by atoms with van der Waals surface area (Å²) >= 11 is 15.6. The zero-order chi connectivity index (χ0) is 23.5. The molecule has 6 nitrogen and oxygen atoms in total. The summed E-state index contributed by atoms with van der Waals surface area (Å²) in [7, 11) is 1.52. The first-order chi connectivity index (χ1) is 15.9. The molecular formula is C24H17BrCl2N2O4. The van der Waals surface area contributed by atoms with Gasteiger partial charge in [0.05, 0.1) is 12.8 Å². The number of halogens is 3. The third-order valence-electron chi connectivity index (χ3n) is 4.89. The van der Waals surface area contributed by atoms with Gasteiger partial charge in [0.1, 0.15) is 12.3 Å². The first-order valence-corrected chi connectivity index (χ1v) is 11.3. The molecule has 0 spiro atoms. The van der Waals surface area contributed by atoms with Gasteiger partial charge in [0.2, 0.25) is 0 Å². The number of rotatable bonds is 6. The maximum Gasteiger partial charge on any atom is 0.333 e. The maximum atomic E-state index is 12.9. The molecule has 4 rings (SSSR count). The number of carbonyl (C=O) groups excluding carboxylic acids is 2. The number of methoxy groups -OCH3 is 1. The molecule has 0 atom stereocenters. The van der Waals surface area contributed by atoms with Crippen molar-refractivity contribution in [3.05, 3.63) is 92.0 Å². The van der Waals surface area contributed by atoms with Crippen molar-refractivity contribution in [3.63, 3.8) is 0 Å². The Bertz CT molecular complexity index is 1260. The molecule has 0 bridgehead atoms. The summed E-state index contributed by atoms with van der Waals surface area (Å²) in [6.45, 7) is 0.257. The minimum absolute atomic E-state index is 0.127. The second-order valence-corrected chi connectivity index (χ2v) is 8.71. The molecule has 0 unspecified atom stereocenters. The van der Waals surface area contributed by atoms with Crippen LogP contribution in [0.2, 0.25) is 10.0 Å². The molecule has 1 heterocycles. The van der Waals surface area contributed by atoms with Gasteiger partial charge in [-0.15, -0.1) is 0 Å². The summed E-state index contributed by atoms with van der Waals surface area (Å²) in [5.74, 6) is 0.478. The van der Waals surface area contributed by atoms with Crippen LogP contribution >= 0.6 is 39.1 Å². The van der Waals surface area contributed by atoms with E-state index in [1.165, 1.54) is 7.11 Å². The zero-order valence-corrected chi connectivity index (χ0v) is 20.4. The molecule has 3 amide bonds. The number of nitrogens with one attached hydrogen (secondary N) is 1. The normalized spacial score (nSPS) is 14.5. The van der Waals surface area contributed by atoms with Crippen LogP contribution in [0, 0.1) is 0 Å². The molecule has 3 aromatic rings. The van der Waals surface area contributed by atoms with E-state index in [1.807, 2.05) is 18.2 Å². The quantitative estimate of drug-likeness (QED) is 0.285. The van der Waals surface area contributed by atoms with E-state index < -0.39 is 11.9 Å². The summed E-state index contributed by atoms with van der Waals surface area (Å²) in [4.78, 5) is 26.4. The lowest BCUT2D eigenvalue weighted by molar-refractivity contribution is -0.113. The van der Waals surface area contributed by atoms with Crippen molar-refractivity contribution in [1.29, 1.82) is 0 Å². The van der Waals surface area contributed by atoms with E-state index in [0.717, 1.165) is 10.5 Å². The number of ether oxygens (including phenoxy) is 2. The topological polar surface area (TPSA) is 67.9 Å². The van der Waals surface area contributed by atoms with Crippen molar-refractivity contribution in [3.8, 4) is 11.5 Å². The van der Waals surface area contributed by atoms with Crippen molar-refractivity contribution < 1.29 is 19.1 Å². The number of imide groups is 1. The van der Waals surface area contributed by atoms with E-state index in [2.05, 4.69) is 21.2 Å². The summed E-state index contributed by atoms with van der Waals surface area (Å²) in [5, 5.41) is 3.72. The number of nitrogens with zero attached hydrogens (tertiary/aromatic N) is 1. The van der Waals surface area contributed by atoms with Crippen LogP contribution < -0.4 is 19.7 Å². The Balaban J connectivity index is 1.59. The van der Waals surface area contributed by atoms with Crippen molar-refractivity contribution >= 4 is 62.8 Å². The molecule has 1 aliphatic heterocycles. The van der Waals surface area contributed by atoms with Crippen LogP contribution in [0.4, 0.5) is 10.5 Å². The van der Waals surface area contributed by atoms with Gasteiger partial charge < -0.3 is 14.8 Å². The lowest BCUT2D eigenvalue weighted by Gasteiger charge is -2.14. The minimum atomic E-state index is -0.545. The van der Waals surface area contributed by atoms with Gasteiger partial charge in [-0.1, -0.05) is 57.3 Å². The van der Waals surface area contributed by atoms with Gasteiger partial charge in [0.15, 0.2) is 11.5 Å².